The number of hydrogen-bond donors (Lipinski definition) is 1. The first kappa shape index (κ1) is 13.7. The highest BCUT2D eigenvalue weighted by atomic mass is 19.2. The van der Waals surface area contributed by atoms with E-state index in [0.29, 0.717) is 5.92 Å². The molecule has 0 saturated heterocycles. The van der Waals surface area contributed by atoms with Crippen molar-refractivity contribution in [1.29, 1.82) is 0 Å². The van der Waals surface area contributed by atoms with Crippen LogP contribution in [0.4, 0.5) is 8.78 Å². The molecule has 4 heteroatoms. The van der Waals surface area contributed by atoms with Crippen molar-refractivity contribution in [2.75, 3.05) is 0 Å². The van der Waals surface area contributed by atoms with Gasteiger partial charge in [-0.2, -0.15) is 0 Å². The van der Waals surface area contributed by atoms with Crippen molar-refractivity contribution >= 4 is 5.91 Å². The number of carbonyl (C=O) groups is 1. The smallest absolute Gasteiger partial charge is 0.251 e. The molecule has 0 heterocycles. The summed E-state index contributed by atoms with van der Waals surface area (Å²) in [6, 6.07) is 12.8. The predicted molar refractivity (Wildman–Crippen MR) is 75.7 cm³/mol. The zero-order chi connectivity index (χ0) is 14.8. The van der Waals surface area contributed by atoms with Gasteiger partial charge in [-0.25, -0.2) is 8.78 Å². The highest BCUT2D eigenvalue weighted by Crippen LogP contribution is 2.41. The predicted octanol–water partition coefficient (Wildman–Crippen LogP) is 3.85. The minimum absolute atomic E-state index is 0.0770. The molecule has 1 saturated carbocycles. The Morgan fingerprint density at radius 3 is 2.38 bits per heavy atom. The maximum absolute atomic E-state index is 13.2. The van der Waals surface area contributed by atoms with E-state index in [4.69, 9.17) is 0 Å². The second kappa shape index (κ2) is 5.64. The van der Waals surface area contributed by atoms with Gasteiger partial charge in [0.25, 0.3) is 5.91 Å². The first-order valence-corrected chi connectivity index (χ1v) is 6.96. The molecule has 2 aromatic carbocycles. The van der Waals surface area contributed by atoms with Crippen molar-refractivity contribution < 1.29 is 13.6 Å². The number of benzene rings is 2. The molecular weight excluding hydrogens is 272 g/mol. The molecule has 1 fully saturated rings. The van der Waals surface area contributed by atoms with E-state index in [2.05, 4.69) is 5.32 Å². The molecule has 1 atom stereocenters. The summed E-state index contributed by atoms with van der Waals surface area (Å²) < 4.78 is 26.1. The fourth-order valence-corrected chi connectivity index (χ4v) is 2.43. The van der Waals surface area contributed by atoms with Crippen LogP contribution in [0.2, 0.25) is 0 Å². The standard InChI is InChI=1S/C17H15F2NO/c18-14-9-8-13(10-15(14)19)17(21)20-16(12-6-7-12)11-4-2-1-3-5-11/h1-5,8-10,12,16H,6-7H2,(H,20,21). The van der Waals surface area contributed by atoms with Gasteiger partial charge in [0.1, 0.15) is 0 Å². The van der Waals surface area contributed by atoms with Crippen LogP contribution in [0, 0.1) is 17.6 Å². The number of carbonyl (C=O) groups excluding carboxylic acids is 1. The summed E-state index contributed by atoms with van der Waals surface area (Å²) in [5.74, 6) is -1.92. The molecule has 1 aliphatic carbocycles. The maximum atomic E-state index is 13.2. The Bertz CT molecular complexity index is 653. The van der Waals surface area contributed by atoms with Crippen LogP contribution in [-0.2, 0) is 0 Å². The largest absolute Gasteiger partial charge is 0.345 e. The Hall–Kier alpha value is -2.23. The third kappa shape index (κ3) is 3.10. The second-order valence-electron chi connectivity index (χ2n) is 5.33. The Labute approximate surface area is 121 Å². The Morgan fingerprint density at radius 1 is 1.05 bits per heavy atom. The van der Waals surface area contributed by atoms with Gasteiger partial charge in [0.05, 0.1) is 6.04 Å². The SMILES string of the molecule is O=C(NC(c1ccccc1)C1CC1)c1ccc(F)c(F)c1. The molecule has 1 N–H and O–H groups in total. The monoisotopic (exact) mass is 287 g/mol. The summed E-state index contributed by atoms with van der Waals surface area (Å²) in [5, 5.41) is 2.93. The zero-order valence-corrected chi connectivity index (χ0v) is 11.4. The van der Waals surface area contributed by atoms with E-state index in [-0.39, 0.29) is 17.5 Å². The van der Waals surface area contributed by atoms with Crippen molar-refractivity contribution in [3.8, 4) is 0 Å². The summed E-state index contributed by atoms with van der Waals surface area (Å²) in [5.41, 5.74) is 1.17. The van der Waals surface area contributed by atoms with E-state index in [9.17, 15) is 13.6 Å². The van der Waals surface area contributed by atoms with E-state index >= 15 is 0 Å². The van der Waals surface area contributed by atoms with Gasteiger partial charge in [-0.3, -0.25) is 4.79 Å². The molecule has 0 aliphatic heterocycles. The van der Waals surface area contributed by atoms with Crippen LogP contribution < -0.4 is 5.32 Å². The van der Waals surface area contributed by atoms with Crippen LogP contribution in [0.15, 0.2) is 48.5 Å². The molecule has 2 aromatic rings. The van der Waals surface area contributed by atoms with Crippen LogP contribution in [-0.4, -0.2) is 5.91 Å². The van der Waals surface area contributed by atoms with Gasteiger partial charge in [0.2, 0.25) is 0 Å². The quantitative estimate of drug-likeness (QED) is 0.909. The van der Waals surface area contributed by atoms with Crippen LogP contribution in [0.1, 0.15) is 34.8 Å². The lowest BCUT2D eigenvalue weighted by Gasteiger charge is -2.19. The molecule has 0 bridgehead atoms. The fourth-order valence-electron chi connectivity index (χ4n) is 2.43. The lowest BCUT2D eigenvalue weighted by Crippen LogP contribution is -2.30. The summed E-state index contributed by atoms with van der Waals surface area (Å²) >= 11 is 0. The first-order chi connectivity index (χ1) is 10.1. The second-order valence-corrected chi connectivity index (χ2v) is 5.33. The molecule has 3 rings (SSSR count). The zero-order valence-electron chi connectivity index (χ0n) is 11.4. The summed E-state index contributed by atoms with van der Waals surface area (Å²) in [6.07, 6.45) is 2.13. The highest BCUT2D eigenvalue weighted by molar-refractivity contribution is 5.94. The number of rotatable bonds is 4. The highest BCUT2D eigenvalue weighted by Gasteiger charge is 2.33. The summed E-state index contributed by atoms with van der Waals surface area (Å²) in [4.78, 5) is 12.2. The van der Waals surface area contributed by atoms with Gasteiger partial charge in [0, 0.05) is 5.56 Å². The minimum atomic E-state index is -1.01. The normalized spacial score (nSPS) is 15.5. The molecule has 21 heavy (non-hydrogen) atoms. The van der Waals surface area contributed by atoms with Crippen molar-refractivity contribution in [3.05, 3.63) is 71.3 Å². The molecule has 1 unspecified atom stereocenters. The molecule has 0 aromatic heterocycles. The number of halogens is 2. The van der Waals surface area contributed by atoms with E-state index in [1.54, 1.807) is 0 Å². The molecule has 0 spiro atoms. The Morgan fingerprint density at radius 2 is 1.76 bits per heavy atom. The summed E-state index contributed by atoms with van der Waals surface area (Å²) in [7, 11) is 0. The van der Waals surface area contributed by atoms with E-state index in [1.807, 2.05) is 30.3 Å². The van der Waals surface area contributed by atoms with Crippen LogP contribution >= 0.6 is 0 Å². The van der Waals surface area contributed by atoms with E-state index in [0.717, 1.165) is 30.5 Å². The van der Waals surface area contributed by atoms with Gasteiger partial charge in [-0.15, -0.1) is 0 Å². The van der Waals surface area contributed by atoms with Crippen LogP contribution in [0.25, 0.3) is 0 Å². The number of hydrogen-bond acceptors (Lipinski definition) is 1. The van der Waals surface area contributed by atoms with Crippen molar-refractivity contribution in [3.63, 3.8) is 0 Å². The third-order valence-electron chi connectivity index (χ3n) is 3.72. The van der Waals surface area contributed by atoms with Gasteiger partial charge < -0.3 is 5.32 Å². The molecule has 1 amide bonds. The molecule has 108 valence electrons. The van der Waals surface area contributed by atoms with E-state index < -0.39 is 11.6 Å². The van der Waals surface area contributed by atoms with Gasteiger partial charge >= 0.3 is 0 Å². The average Bonchev–Trinajstić information content (AvgIpc) is 3.33. The van der Waals surface area contributed by atoms with Crippen LogP contribution in [0.3, 0.4) is 0 Å². The molecular formula is C17H15F2NO. The Kier molecular flexibility index (Phi) is 3.69. The van der Waals surface area contributed by atoms with Crippen molar-refractivity contribution in [2.24, 2.45) is 5.92 Å². The van der Waals surface area contributed by atoms with Gasteiger partial charge in [0.15, 0.2) is 11.6 Å². The first-order valence-electron chi connectivity index (χ1n) is 6.96. The molecule has 1 aliphatic rings. The van der Waals surface area contributed by atoms with Crippen molar-refractivity contribution in [2.45, 2.75) is 18.9 Å². The fraction of sp³-hybridized carbons (Fsp3) is 0.235. The van der Waals surface area contributed by atoms with Crippen LogP contribution in [0.5, 0.6) is 0 Å². The Balaban J connectivity index is 1.79. The third-order valence-corrected chi connectivity index (χ3v) is 3.72. The van der Waals surface area contributed by atoms with Crippen molar-refractivity contribution in [1.82, 2.24) is 5.32 Å². The molecule has 2 nitrogen and oxygen atoms in total. The number of nitrogens with one attached hydrogen (secondary N) is 1. The topological polar surface area (TPSA) is 29.1 Å². The van der Waals surface area contributed by atoms with Gasteiger partial charge in [-0.05, 0) is 42.5 Å². The summed E-state index contributed by atoms with van der Waals surface area (Å²) in [6.45, 7) is 0. The van der Waals surface area contributed by atoms with Gasteiger partial charge in [-0.1, -0.05) is 30.3 Å². The van der Waals surface area contributed by atoms with E-state index in [1.165, 1.54) is 6.07 Å². The maximum Gasteiger partial charge on any atom is 0.251 e. The lowest BCUT2D eigenvalue weighted by molar-refractivity contribution is 0.0931. The average molecular weight is 287 g/mol. The number of amides is 1. The minimum Gasteiger partial charge on any atom is -0.345 e. The lowest BCUT2D eigenvalue weighted by atomic mass is 10.0. The molecule has 0 radical (unpaired) electrons.